The van der Waals surface area contributed by atoms with Crippen molar-refractivity contribution < 1.29 is 4.79 Å². The highest BCUT2D eigenvalue weighted by atomic mass is 16.1. The molecule has 2 unspecified atom stereocenters. The van der Waals surface area contributed by atoms with E-state index < -0.39 is 17.2 Å². The number of amides is 1. The van der Waals surface area contributed by atoms with Crippen molar-refractivity contribution in [2.45, 2.75) is 25.7 Å². The molecule has 0 aliphatic heterocycles. The van der Waals surface area contributed by atoms with Gasteiger partial charge in [0.15, 0.2) is 5.82 Å². The van der Waals surface area contributed by atoms with Crippen LogP contribution in [0.1, 0.15) is 30.8 Å². The topological polar surface area (TPSA) is 124 Å². The first kappa shape index (κ1) is 15.9. The molecule has 1 aliphatic rings. The molecular weight excluding hydrogens is 304 g/mol. The molecule has 0 radical (unpaired) electrons. The number of nitrogens with two attached hydrogens (primary N) is 2. The van der Waals surface area contributed by atoms with E-state index in [1.807, 2.05) is 43.4 Å². The van der Waals surface area contributed by atoms with Gasteiger partial charge in [-0.2, -0.15) is 5.21 Å². The van der Waals surface area contributed by atoms with E-state index in [9.17, 15) is 4.79 Å². The standard InChI is InChI=1S/C17H20N6O/c1-3-10-5-4-6-12(14(10)18)11-7-8-17(2,13(9-11)15(19)24)16-20-22-23-21-16/h4-9,13H,3,18H2,1-2H3,(H2,19,24)(H,20,21,22,23). The van der Waals surface area contributed by atoms with Gasteiger partial charge in [0.1, 0.15) is 0 Å². The minimum Gasteiger partial charge on any atom is -0.398 e. The summed E-state index contributed by atoms with van der Waals surface area (Å²) < 4.78 is 0. The van der Waals surface area contributed by atoms with Crippen molar-refractivity contribution in [1.29, 1.82) is 0 Å². The van der Waals surface area contributed by atoms with Gasteiger partial charge in [0.2, 0.25) is 5.91 Å². The monoisotopic (exact) mass is 324 g/mol. The highest BCUT2D eigenvalue weighted by molar-refractivity contribution is 5.90. The van der Waals surface area contributed by atoms with Crippen molar-refractivity contribution in [2.24, 2.45) is 11.7 Å². The molecule has 2 atom stereocenters. The first-order valence-corrected chi connectivity index (χ1v) is 7.79. The second-order valence-corrected chi connectivity index (χ2v) is 6.09. The second-order valence-electron chi connectivity index (χ2n) is 6.09. The molecule has 124 valence electrons. The highest BCUT2D eigenvalue weighted by Gasteiger charge is 2.41. The third kappa shape index (κ3) is 2.47. The third-order valence-corrected chi connectivity index (χ3v) is 4.62. The molecule has 3 rings (SSSR count). The van der Waals surface area contributed by atoms with Crippen LogP contribution in [0.5, 0.6) is 0 Å². The van der Waals surface area contributed by atoms with Crippen molar-refractivity contribution in [1.82, 2.24) is 20.6 Å². The lowest BCUT2D eigenvalue weighted by Gasteiger charge is -2.32. The van der Waals surface area contributed by atoms with E-state index in [1.165, 1.54) is 0 Å². The molecule has 0 bridgehead atoms. The van der Waals surface area contributed by atoms with Crippen LogP contribution in [0.25, 0.3) is 5.57 Å². The number of primary amides is 1. The molecule has 1 amide bonds. The van der Waals surface area contributed by atoms with E-state index in [4.69, 9.17) is 11.5 Å². The lowest BCUT2D eigenvalue weighted by atomic mass is 9.71. The quantitative estimate of drug-likeness (QED) is 0.733. The van der Waals surface area contributed by atoms with Crippen molar-refractivity contribution in [3.05, 3.63) is 53.4 Å². The molecule has 0 saturated heterocycles. The van der Waals surface area contributed by atoms with Crippen LogP contribution in [0.15, 0.2) is 36.4 Å². The summed E-state index contributed by atoms with van der Waals surface area (Å²) in [6.45, 7) is 3.92. The summed E-state index contributed by atoms with van der Waals surface area (Å²) >= 11 is 0. The lowest BCUT2D eigenvalue weighted by Crippen LogP contribution is -2.40. The first-order valence-electron chi connectivity index (χ1n) is 7.79. The van der Waals surface area contributed by atoms with E-state index >= 15 is 0 Å². The molecule has 7 nitrogen and oxygen atoms in total. The molecule has 0 spiro atoms. The molecule has 0 saturated carbocycles. The van der Waals surface area contributed by atoms with E-state index in [-0.39, 0.29) is 0 Å². The summed E-state index contributed by atoms with van der Waals surface area (Å²) in [6.07, 6.45) is 6.50. The van der Waals surface area contributed by atoms with E-state index in [2.05, 4.69) is 27.5 Å². The van der Waals surface area contributed by atoms with Crippen LogP contribution in [0.3, 0.4) is 0 Å². The normalized spacial score (nSPS) is 23.1. The minimum atomic E-state index is -0.751. The number of carbonyl (C=O) groups excluding carboxylic acids is 1. The summed E-state index contributed by atoms with van der Waals surface area (Å²) in [7, 11) is 0. The van der Waals surface area contributed by atoms with Gasteiger partial charge in [0, 0.05) is 11.3 Å². The number of aryl methyl sites for hydroxylation is 1. The van der Waals surface area contributed by atoms with Gasteiger partial charge in [0.25, 0.3) is 0 Å². The number of nitrogens with zero attached hydrogens (tertiary/aromatic N) is 3. The van der Waals surface area contributed by atoms with Crippen LogP contribution in [0.2, 0.25) is 0 Å². The van der Waals surface area contributed by atoms with Crippen LogP contribution in [-0.4, -0.2) is 26.5 Å². The average molecular weight is 324 g/mol. The maximum Gasteiger partial charge on any atom is 0.225 e. The fourth-order valence-electron chi connectivity index (χ4n) is 3.11. The maximum absolute atomic E-state index is 12.1. The number of anilines is 1. The number of hydrogen-bond donors (Lipinski definition) is 3. The Morgan fingerprint density at radius 1 is 1.42 bits per heavy atom. The average Bonchev–Trinajstić information content (AvgIpc) is 3.11. The molecule has 24 heavy (non-hydrogen) atoms. The summed E-state index contributed by atoms with van der Waals surface area (Å²) in [6, 6.07) is 5.91. The fourth-order valence-corrected chi connectivity index (χ4v) is 3.11. The van der Waals surface area contributed by atoms with E-state index in [1.54, 1.807) is 0 Å². The Hall–Kier alpha value is -2.96. The summed E-state index contributed by atoms with van der Waals surface area (Å²) in [4.78, 5) is 12.1. The van der Waals surface area contributed by atoms with Crippen LogP contribution in [0.4, 0.5) is 5.69 Å². The molecule has 1 aliphatic carbocycles. The number of aromatic nitrogens is 4. The maximum atomic E-state index is 12.1. The Balaban J connectivity index is 2.08. The van der Waals surface area contributed by atoms with Gasteiger partial charge in [-0.15, -0.1) is 10.2 Å². The molecule has 1 heterocycles. The van der Waals surface area contributed by atoms with Gasteiger partial charge < -0.3 is 11.5 Å². The van der Waals surface area contributed by atoms with Crippen LogP contribution >= 0.6 is 0 Å². The van der Waals surface area contributed by atoms with Crippen LogP contribution < -0.4 is 11.5 Å². The van der Waals surface area contributed by atoms with Gasteiger partial charge in [-0.1, -0.05) is 48.6 Å². The number of nitrogen functional groups attached to an aromatic ring is 1. The number of hydrogen-bond acceptors (Lipinski definition) is 5. The Labute approximate surface area is 139 Å². The van der Waals surface area contributed by atoms with Crippen molar-refractivity contribution >= 4 is 17.2 Å². The highest BCUT2D eigenvalue weighted by Crippen LogP contribution is 2.40. The van der Waals surface area contributed by atoms with E-state index in [0.29, 0.717) is 5.82 Å². The second kappa shape index (κ2) is 5.92. The number of rotatable bonds is 4. The number of nitrogens with one attached hydrogen (secondary N) is 1. The van der Waals surface area contributed by atoms with Gasteiger partial charge in [-0.3, -0.25) is 4.79 Å². The molecular formula is C17H20N6O. The first-order chi connectivity index (χ1) is 11.5. The molecule has 5 N–H and O–H groups in total. The molecule has 7 heteroatoms. The Morgan fingerprint density at radius 2 is 2.21 bits per heavy atom. The predicted octanol–water partition coefficient (Wildman–Crippen LogP) is 1.36. The van der Waals surface area contributed by atoms with E-state index in [0.717, 1.165) is 28.8 Å². The zero-order valence-corrected chi connectivity index (χ0v) is 13.7. The van der Waals surface area contributed by atoms with Crippen molar-refractivity contribution in [2.75, 3.05) is 5.73 Å². The van der Waals surface area contributed by atoms with Gasteiger partial charge in [-0.25, -0.2) is 0 Å². The molecule has 2 aromatic rings. The Bertz CT molecular complexity index is 824. The number of allylic oxidation sites excluding steroid dienone is 3. The zero-order valence-electron chi connectivity index (χ0n) is 13.7. The van der Waals surface area contributed by atoms with Gasteiger partial charge in [0.05, 0.1) is 11.3 Å². The number of aromatic amines is 1. The van der Waals surface area contributed by atoms with Crippen LogP contribution in [0, 0.1) is 5.92 Å². The third-order valence-electron chi connectivity index (χ3n) is 4.62. The fraction of sp³-hybridized carbons (Fsp3) is 0.294. The molecule has 1 aromatic heterocycles. The predicted molar refractivity (Wildman–Crippen MR) is 91.6 cm³/mol. The van der Waals surface area contributed by atoms with Crippen molar-refractivity contribution in [3.63, 3.8) is 0 Å². The minimum absolute atomic E-state index is 0.424. The zero-order chi connectivity index (χ0) is 17.3. The molecule has 0 fully saturated rings. The SMILES string of the molecule is CCc1cccc(C2=CC(C(N)=O)C(C)(c3nn[nH]n3)C=C2)c1N. The largest absolute Gasteiger partial charge is 0.398 e. The van der Waals surface area contributed by atoms with Crippen molar-refractivity contribution in [3.8, 4) is 0 Å². The van der Waals surface area contributed by atoms with Gasteiger partial charge >= 0.3 is 0 Å². The Kier molecular flexibility index (Phi) is 3.92. The smallest absolute Gasteiger partial charge is 0.225 e. The molecule has 1 aromatic carbocycles. The number of benzene rings is 1. The van der Waals surface area contributed by atoms with Gasteiger partial charge in [-0.05, 0) is 24.5 Å². The summed E-state index contributed by atoms with van der Waals surface area (Å²) in [5, 5.41) is 14.1. The number of carbonyl (C=O) groups is 1. The summed E-state index contributed by atoms with van der Waals surface area (Å²) in [5.74, 6) is -0.623. The Morgan fingerprint density at radius 3 is 2.83 bits per heavy atom. The summed E-state index contributed by atoms with van der Waals surface area (Å²) in [5.41, 5.74) is 14.7. The number of tetrazole rings is 1. The number of para-hydroxylation sites is 1. The lowest BCUT2D eigenvalue weighted by molar-refractivity contribution is -0.121. The number of H-pyrrole nitrogens is 1. The van der Waals surface area contributed by atoms with Crippen LogP contribution in [-0.2, 0) is 16.6 Å².